The zero-order valence-electron chi connectivity index (χ0n) is 17.0. The van der Waals surface area contributed by atoms with Crippen molar-refractivity contribution in [2.45, 2.75) is 6.92 Å². The van der Waals surface area contributed by atoms with Crippen molar-refractivity contribution in [1.29, 1.82) is 0 Å². The van der Waals surface area contributed by atoms with Crippen molar-refractivity contribution in [3.63, 3.8) is 0 Å². The van der Waals surface area contributed by atoms with Crippen molar-refractivity contribution in [3.8, 4) is 0 Å². The van der Waals surface area contributed by atoms with Crippen LogP contribution in [0.15, 0.2) is 54.2 Å². The summed E-state index contributed by atoms with van der Waals surface area (Å²) in [6.07, 6.45) is 1.60. The van der Waals surface area contributed by atoms with Gasteiger partial charge in [-0.25, -0.2) is 0 Å². The number of morpholine rings is 1. The van der Waals surface area contributed by atoms with E-state index in [4.69, 9.17) is 16.3 Å². The zero-order valence-corrected chi connectivity index (χ0v) is 17.7. The van der Waals surface area contributed by atoms with Crippen molar-refractivity contribution < 1.29 is 14.3 Å². The lowest BCUT2D eigenvalue weighted by atomic mass is 10.1. The smallest absolute Gasteiger partial charge is 0.267 e. The molecule has 0 aromatic heterocycles. The molecule has 1 aliphatic heterocycles. The monoisotopic (exact) mass is 427 g/mol. The molecule has 0 bridgehead atoms. The highest BCUT2D eigenvalue weighted by Crippen LogP contribution is 2.18. The van der Waals surface area contributed by atoms with Gasteiger partial charge in [0.15, 0.2) is 0 Å². The molecule has 0 atom stereocenters. The van der Waals surface area contributed by atoms with E-state index in [2.05, 4.69) is 15.5 Å². The fraction of sp³-hybridized carbons (Fsp3) is 0.304. The largest absolute Gasteiger partial charge is 0.379 e. The molecule has 1 saturated heterocycles. The molecule has 3 rings (SSSR count). The standard InChI is InChI=1S/C23H26ClN3O3/c1-17-6-8-18(9-7-17)22(28)26-21(16-19-4-2-3-5-20(19)24)23(29)25-10-11-27-12-14-30-15-13-27/h2-9,16H,10-15H2,1H3,(H,25,29)(H,26,28). The molecular weight excluding hydrogens is 402 g/mol. The minimum absolute atomic E-state index is 0.149. The Hall–Kier alpha value is -2.67. The number of carbonyl (C=O) groups is 2. The van der Waals surface area contributed by atoms with Crippen molar-refractivity contribution >= 4 is 29.5 Å². The Morgan fingerprint density at radius 1 is 1.10 bits per heavy atom. The van der Waals surface area contributed by atoms with Gasteiger partial charge in [-0.2, -0.15) is 0 Å². The zero-order chi connectivity index (χ0) is 21.3. The molecule has 158 valence electrons. The van der Waals surface area contributed by atoms with Gasteiger partial charge in [-0.3, -0.25) is 14.5 Å². The van der Waals surface area contributed by atoms with Crippen LogP contribution in [0.4, 0.5) is 0 Å². The highest BCUT2D eigenvalue weighted by Gasteiger charge is 2.16. The summed E-state index contributed by atoms with van der Waals surface area (Å²) in [6, 6.07) is 14.3. The molecule has 2 amide bonds. The van der Waals surface area contributed by atoms with Crippen molar-refractivity contribution in [2.75, 3.05) is 39.4 Å². The van der Waals surface area contributed by atoms with E-state index in [1.807, 2.05) is 31.2 Å². The van der Waals surface area contributed by atoms with Crippen LogP contribution in [0.5, 0.6) is 0 Å². The number of hydrogen-bond acceptors (Lipinski definition) is 4. The van der Waals surface area contributed by atoms with Crippen LogP contribution in [0.3, 0.4) is 0 Å². The maximum absolute atomic E-state index is 12.8. The molecule has 2 N–H and O–H groups in total. The number of halogens is 1. The van der Waals surface area contributed by atoms with Gasteiger partial charge in [0.05, 0.1) is 13.2 Å². The lowest BCUT2D eigenvalue weighted by Gasteiger charge is -2.26. The SMILES string of the molecule is Cc1ccc(C(=O)NC(=Cc2ccccc2Cl)C(=O)NCCN2CCOCC2)cc1. The molecular formula is C23H26ClN3O3. The number of nitrogens with one attached hydrogen (secondary N) is 2. The van der Waals surface area contributed by atoms with Crippen molar-refractivity contribution in [2.24, 2.45) is 0 Å². The summed E-state index contributed by atoms with van der Waals surface area (Å²) < 4.78 is 5.34. The van der Waals surface area contributed by atoms with E-state index < -0.39 is 0 Å². The predicted octanol–water partition coefficient (Wildman–Crippen LogP) is 2.87. The topological polar surface area (TPSA) is 70.7 Å². The van der Waals surface area contributed by atoms with E-state index in [1.54, 1.807) is 30.3 Å². The third-order valence-electron chi connectivity index (χ3n) is 4.83. The van der Waals surface area contributed by atoms with Gasteiger partial charge in [0.1, 0.15) is 5.70 Å². The second kappa shape index (κ2) is 10.9. The number of amides is 2. The summed E-state index contributed by atoms with van der Waals surface area (Å²) in [6.45, 7) is 6.26. The number of ether oxygens (including phenoxy) is 1. The van der Waals surface area contributed by atoms with Gasteiger partial charge in [0.2, 0.25) is 0 Å². The van der Waals surface area contributed by atoms with Crippen molar-refractivity contribution in [1.82, 2.24) is 15.5 Å². The maximum Gasteiger partial charge on any atom is 0.267 e. The molecule has 0 unspecified atom stereocenters. The minimum Gasteiger partial charge on any atom is -0.379 e. The Labute approximate surface area is 181 Å². The average Bonchev–Trinajstić information content (AvgIpc) is 2.76. The summed E-state index contributed by atoms with van der Waals surface area (Å²) in [5.41, 5.74) is 2.34. The van der Waals surface area contributed by atoms with Gasteiger partial charge in [-0.15, -0.1) is 0 Å². The molecule has 0 radical (unpaired) electrons. The fourth-order valence-corrected chi connectivity index (χ4v) is 3.24. The van der Waals surface area contributed by atoms with Gasteiger partial charge in [-0.05, 0) is 36.8 Å². The highest BCUT2D eigenvalue weighted by molar-refractivity contribution is 6.32. The number of carbonyl (C=O) groups excluding carboxylic acids is 2. The molecule has 7 heteroatoms. The first-order valence-corrected chi connectivity index (χ1v) is 10.3. The summed E-state index contributed by atoms with van der Waals surface area (Å²) in [7, 11) is 0. The van der Waals surface area contributed by atoms with Crippen LogP contribution in [0.25, 0.3) is 6.08 Å². The Morgan fingerprint density at radius 2 is 1.80 bits per heavy atom. The van der Waals surface area contributed by atoms with E-state index in [-0.39, 0.29) is 17.5 Å². The third kappa shape index (κ3) is 6.42. The van der Waals surface area contributed by atoms with Crippen LogP contribution in [0, 0.1) is 6.92 Å². The Balaban J connectivity index is 1.71. The van der Waals surface area contributed by atoms with Gasteiger partial charge < -0.3 is 15.4 Å². The van der Waals surface area contributed by atoms with Crippen LogP contribution >= 0.6 is 11.6 Å². The second-order valence-electron chi connectivity index (χ2n) is 7.11. The quantitative estimate of drug-likeness (QED) is 0.666. The predicted molar refractivity (Wildman–Crippen MR) is 118 cm³/mol. The molecule has 0 aliphatic carbocycles. The Morgan fingerprint density at radius 3 is 2.50 bits per heavy atom. The van der Waals surface area contributed by atoms with Gasteiger partial charge in [-0.1, -0.05) is 47.5 Å². The molecule has 6 nitrogen and oxygen atoms in total. The first-order chi connectivity index (χ1) is 14.5. The first kappa shape index (κ1) is 22.0. The number of benzene rings is 2. The summed E-state index contributed by atoms with van der Waals surface area (Å²) in [5, 5.41) is 6.12. The Bertz CT molecular complexity index is 906. The van der Waals surface area contributed by atoms with Crippen LogP contribution in [0.2, 0.25) is 5.02 Å². The average molecular weight is 428 g/mol. The van der Waals surface area contributed by atoms with Gasteiger partial charge >= 0.3 is 0 Å². The molecule has 30 heavy (non-hydrogen) atoms. The summed E-state index contributed by atoms with van der Waals surface area (Å²) >= 11 is 6.24. The second-order valence-corrected chi connectivity index (χ2v) is 7.52. The van der Waals surface area contributed by atoms with Crippen LogP contribution < -0.4 is 10.6 Å². The Kier molecular flexibility index (Phi) is 8.02. The molecule has 0 saturated carbocycles. The van der Waals surface area contributed by atoms with E-state index >= 15 is 0 Å². The van der Waals surface area contributed by atoms with Crippen molar-refractivity contribution in [3.05, 3.63) is 75.9 Å². The lowest BCUT2D eigenvalue weighted by Crippen LogP contribution is -2.42. The maximum atomic E-state index is 12.8. The third-order valence-corrected chi connectivity index (χ3v) is 5.17. The fourth-order valence-electron chi connectivity index (χ4n) is 3.05. The summed E-state index contributed by atoms with van der Waals surface area (Å²) in [4.78, 5) is 27.7. The van der Waals surface area contributed by atoms with E-state index in [1.165, 1.54) is 0 Å². The lowest BCUT2D eigenvalue weighted by molar-refractivity contribution is -0.117. The van der Waals surface area contributed by atoms with E-state index in [0.717, 1.165) is 25.2 Å². The molecule has 1 aliphatic rings. The van der Waals surface area contributed by atoms with E-state index in [9.17, 15) is 9.59 Å². The number of rotatable bonds is 7. The first-order valence-electron chi connectivity index (χ1n) is 9.95. The molecule has 2 aromatic carbocycles. The number of nitrogens with zero attached hydrogens (tertiary/aromatic N) is 1. The minimum atomic E-state index is -0.358. The molecule has 2 aromatic rings. The van der Waals surface area contributed by atoms with Gasteiger partial charge in [0.25, 0.3) is 11.8 Å². The van der Waals surface area contributed by atoms with Gasteiger partial charge in [0, 0.05) is 36.8 Å². The van der Waals surface area contributed by atoms with Crippen LogP contribution in [-0.2, 0) is 9.53 Å². The van der Waals surface area contributed by atoms with E-state index in [0.29, 0.717) is 35.9 Å². The molecule has 1 heterocycles. The normalized spacial score (nSPS) is 14.9. The summed E-state index contributed by atoms with van der Waals surface area (Å²) in [5.74, 6) is -0.708. The molecule has 0 spiro atoms. The van der Waals surface area contributed by atoms with Crippen LogP contribution in [0.1, 0.15) is 21.5 Å². The van der Waals surface area contributed by atoms with Crippen LogP contribution in [-0.4, -0.2) is 56.1 Å². The number of aryl methyl sites for hydroxylation is 1. The number of hydrogen-bond donors (Lipinski definition) is 2. The highest BCUT2D eigenvalue weighted by atomic mass is 35.5. The molecule has 1 fully saturated rings.